The molecule has 9 rings (SSSR count). The molecule has 1 nitrogen and oxygen atoms in total. The average molecular weight is 579 g/mol. The second-order valence-electron chi connectivity index (χ2n) is 11.6. The largest absolute Gasteiger partial charge is 0.309 e. The Labute approximate surface area is 255 Å². The van der Waals surface area contributed by atoms with Gasteiger partial charge in [0.05, 0.1) is 0 Å². The van der Waals surface area contributed by atoms with Crippen LogP contribution in [0.4, 0.5) is 0 Å². The lowest BCUT2D eigenvalue weighted by Gasteiger charge is -2.23. The maximum absolute atomic E-state index is 15.9. The van der Waals surface area contributed by atoms with Crippen molar-refractivity contribution in [3.8, 4) is 11.1 Å². The van der Waals surface area contributed by atoms with E-state index < -0.39 is 7.14 Å². The zero-order valence-electron chi connectivity index (χ0n) is 23.9. The number of rotatable bonds is 4. The van der Waals surface area contributed by atoms with Gasteiger partial charge in [-0.3, -0.25) is 0 Å². The monoisotopic (exact) mass is 578 g/mol. The van der Waals surface area contributed by atoms with Crippen LogP contribution in [-0.2, 0) is 4.57 Å². The molecule has 0 aliphatic carbocycles. The summed E-state index contributed by atoms with van der Waals surface area (Å²) < 4.78 is 15.9. The zero-order chi connectivity index (χ0) is 29.3. The van der Waals surface area contributed by atoms with Crippen molar-refractivity contribution in [3.63, 3.8) is 0 Å². The Morgan fingerprint density at radius 1 is 0.341 bits per heavy atom. The Morgan fingerprint density at radius 2 is 0.818 bits per heavy atom. The van der Waals surface area contributed by atoms with Crippen molar-refractivity contribution in [2.45, 2.75) is 0 Å². The molecule has 0 N–H and O–H groups in total. The standard InChI is InChI=1S/C42H27OP/c43-44(39-16-6-10-28-8-1-3-14-36(28)39,40-17-7-11-29-9-2-4-15-37(29)40)34-24-20-30(21-25-34)35-26-22-33-19-18-31-12-5-13-32-23-27-38(35)42(33)41(31)32/h1-27H. The molecule has 0 heterocycles. The van der Waals surface area contributed by atoms with Crippen molar-refractivity contribution in [2.75, 3.05) is 0 Å². The van der Waals surface area contributed by atoms with Crippen LogP contribution in [0.2, 0.25) is 0 Å². The maximum atomic E-state index is 15.9. The lowest BCUT2D eigenvalue weighted by atomic mass is 9.90. The third kappa shape index (κ3) is 3.63. The fourth-order valence-corrected chi connectivity index (χ4v) is 10.3. The molecule has 0 amide bonds. The first kappa shape index (κ1) is 25.3. The highest BCUT2D eigenvalue weighted by molar-refractivity contribution is 7.86. The quantitative estimate of drug-likeness (QED) is 0.150. The van der Waals surface area contributed by atoms with E-state index in [9.17, 15) is 0 Å². The Morgan fingerprint density at radius 3 is 1.45 bits per heavy atom. The lowest BCUT2D eigenvalue weighted by Crippen LogP contribution is -2.26. The summed E-state index contributed by atoms with van der Waals surface area (Å²) in [6, 6.07) is 57.4. The molecule has 0 unspecified atom stereocenters. The summed E-state index contributed by atoms with van der Waals surface area (Å²) in [4.78, 5) is 0. The molecule has 206 valence electrons. The van der Waals surface area contributed by atoms with E-state index in [0.717, 1.165) is 43.0 Å². The van der Waals surface area contributed by atoms with E-state index >= 15 is 4.57 Å². The fourth-order valence-electron chi connectivity index (χ4n) is 7.21. The Bertz CT molecular complexity index is 2470. The Hall–Kier alpha value is -5.23. The predicted molar refractivity (Wildman–Crippen MR) is 190 cm³/mol. The van der Waals surface area contributed by atoms with E-state index in [4.69, 9.17) is 0 Å². The van der Waals surface area contributed by atoms with Gasteiger partial charge in [0, 0.05) is 15.9 Å². The second-order valence-corrected chi connectivity index (χ2v) is 14.3. The van der Waals surface area contributed by atoms with Crippen molar-refractivity contribution in [1.82, 2.24) is 0 Å². The van der Waals surface area contributed by atoms with Gasteiger partial charge in [0.1, 0.15) is 0 Å². The summed E-state index contributed by atoms with van der Waals surface area (Å²) in [5.74, 6) is 0. The SMILES string of the molecule is O=P(c1ccc(-c2ccc3ccc4cccc5ccc2c3c45)cc1)(c1cccc2ccccc12)c1cccc2ccccc12. The molecule has 0 aromatic heterocycles. The van der Waals surface area contributed by atoms with Gasteiger partial charge in [-0.1, -0.05) is 164 Å². The normalized spacial score (nSPS) is 12.2. The minimum atomic E-state index is -3.27. The number of hydrogen-bond donors (Lipinski definition) is 0. The number of hydrogen-bond acceptors (Lipinski definition) is 1. The smallest absolute Gasteiger partial charge is 0.172 e. The van der Waals surface area contributed by atoms with Crippen LogP contribution in [0.5, 0.6) is 0 Å². The molecule has 9 aromatic carbocycles. The molecular formula is C42H27OP. The molecule has 0 aliphatic heterocycles. The predicted octanol–water partition coefficient (Wildman–Crippen LogP) is 10.2. The van der Waals surface area contributed by atoms with Gasteiger partial charge in [-0.05, 0) is 65.0 Å². The molecule has 0 fully saturated rings. The molecule has 9 aromatic rings. The van der Waals surface area contributed by atoms with Crippen LogP contribution in [-0.4, -0.2) is 0 Å². The molecule has 0 radical (unpaired) electrons. The zero-order valence-corrected chi connectivity index (χ0v) is 24.8. The van der Waals surface area contributed by atoms with E-state index in [1.807, 2.05) is 36.4 Å². The summed E-state index contributed by atoms with van der Waals surface area (Å²) in [6.45, 7) is 0. The minimum absolute atomic E-state index is 0.840. The van der Waals surface area contributed by atoms with Gasteiger partial charge >= 0.3 is 0 Å². The summed E-state index contributed by atoms with van der Waals surface area (Å²) in [6.07, 6.45) is 0. The van der Waals surface area contributed by atoms with Crippen LogP contribution >= 0.6 is 7.14 Å². The number of benzene rings is 9. The first-order valence-corrected chi connectivity index (χ1v) is 16.8. The average Bonchev–Trinajstić information content (AvgIpc) is 3.10. The Balaban J connectivity index is 1.28. The van der Waals surface area contributed by atoms with Crippen molar-refractivity contribution in [2.24, 2.45) is 0 Å². The minimum Gasteiger partial charge on any atom is -0.309 e. The van der Waals surface area contributed by atoms with Gasteiger partial charge in [-0.25, -0.2) is 0 Å². The lowest BCUT2D eigenvalue weighted by molar-refractivity contribution is 0.593. The van der Waals surface area contributed by atoms with Crippen molar-refractivity contribution in [1.29, 1.82) is 0 Å². The molecule has 0 spiro atoms. The fraction of sp³-hybridized carbons (Fsp3) is 0. The van der Waals surface area contributed by atoms with Crippen LogP contribution in [0.25, 0.3) is 65.0 Å². The van der Waals surface area contributed by atoms with Crippen LogP contribution < -0.4 is 15.9 Å². The highest BCUT2D eigenvalue weighted by Gasteiger charge is 2.33. The van der Waals surface area contributed by atoms with Crippen LogP contribution in [0, 0.1) is 0 Å². The molecule has 44 heavy (non-hydrogen) atoms. The van der Waals surface area contributed by atoms with Crippen LogP contribution in [0.15, 0.2) is 164 Å². The van der Waals surface area contributed by atoms with E-state index in [2.05, 4.69) is 127 Å². The third-order valence-corrected chi connectivity index (χ3v) is 12.4. The molecular weight excluding hydrogens is 551 g/mol. The summed E-state index contributed by atoms with van der Waals surface area (Å²) >= 11 is 0. The molecule has 0 bridgehead atoms. The van der Waals surface area contributed by atoms with Crippen LogP contribution in [0.1, 0.15) is 0 Å². The first-order chi connectivity index (χ1) is 21.7. The number of fused-ring (bicyclic) bond motifs is 2. The highest BCUT2D eigenvalue weighted by atomic mass is 31.2. The highest BCUT2D eigenvalue weighted by Crippen LogP contribution is 2.47. The second kappa shape index (κ2) is 9.64. The molecule has 0 aliphatic rings. The van der Waals surface area contributed by atoms with Gasteiger partial charge in [0.2, 0.25) is 0 Å². The van der Waals surface area contributed by atoms with Crippen LogP contribution in [0.3, 0.4) is 0 Å². The summed E-state index contributed by atoms with van der Waals surface area (Å²) in [5, 5.41) is 14.5. The van der Waals surface area contributed by atoms with Gasteiger partial charge in [-0.2, -0.15) is 0 Å². The van der Waals surface area contributed by atoms with Gasteiger partial charge < -0.3 is 4.57 Å². The summed E-state index contributed by atoms with van der Waals surface area (Å²) in [7, 11) is -3.27. The van der Waals surface area contributed by atoms with Gasteiger partial charge in [0.25, 0.3) is 0 Å². The first-order valence-electron chi connectivity index (χ1n) is 15.0. The van der Waals surface area contributed by atoms with E-state index in [-0.39, 0.29) is 0 Å². The molecule has 0 atom stereocenters. The van der Waals surface area contributed by atoms with Crippen molar-refractivity contribution >= 4 is 76.9 Å². The summed E-state index contributed by atoms with van der Waals surface area (Å²) in [5.41, 5.74) is 2.31. The van der Waals surface area contributed by atoms with Crippen molar-refractivity contribution in [3.05, 3.63) is 164 Å². The molecule has 0 saturated carbocycles. The third-order valence-electron chi connectivity index (χ3n) is 9.28. The van der Waals surface area contributed by atoms with Crippen molar-refractivity contribution < 1.29 is 4.57 Å². The van der Waals surface area contributed by atoms with E-state index in [1.165, 1.54) is 37.9 Å². The van der Waals surface area contributed by atoms with E-state index in [0.29, 0.717) is 0 Å². The van der Waals surface area contributed by atoms with Gasteiger partial charge in [0.15, 0.2) is 7.14 Å². The molecule has 0 saturated heterocycles. The maximum Gasteiger partial charge on any atom is 0.172 e. The van der Waals surface area contributed by atoms with E-state index in [1.54, 1.807) is 0 Å². The topological polar surface area (TPSA) is 17.1 Å². The molecule has 2 heteroatoms. The Kier molecular flexibility index (Phi) is 5.54. The van der Waals surface area contributed by atoms with Gasteiger partial charge in [-0.15, -0.1) is 0 Å².